The number of sulfonamides is 1. The molecule has 1 fully saturated rings. The summed E-state index contributed by atoms with van der Waals surface area (Å²) < 4.78 is 32.7. The van der Waals surface area contributed by atoms with Crippen LogP contribution in [0.15, 0.2) is 47.4 Å². The number of nitrogens with zero attached hydrogens (tertiary/aromatic N) is 2. The molecular formula is C24H32N4O5S. The number of anilines is 1. The Morgan fingerprint density at radius 3 is 2.15 bits per heavy atom. The highest BCUT2D eigenvalue weighted by atomic mass is 32.2. The second-order valence-electron chi connectivity index (χ2n) is 8.43. The molecule has 1 aliphatic rings. The maximum absolute atomic E-state index is 12.8. The van der Waals surface area contributed by atoms with E-state index in [1.165, 1.54) is 26.2 Å². The lowest BCUT2D eigenvalue weighted by Crippen LogP contribution is -2.54. The molecule has 0 spiro atoms. The topological polar surface area (TPSA) is 108 Å². The normalized spacial score (nSPS) is 15.6. The number of methoxy groups -OCH3 is 1. The molecule has 10 heteroatoms. The van der Waals surface area contributed by atoms with Crippen LogP contribution in [0.5, 0.6) is 5.75 Å². The highest BCUT2D eigenvalue weighted by Gasteiger charge is 2.29. The van der Waals surface area contributed by atoms with Gasteiger partial charge in [-0.2, -0.15) is 4.72 Å². The molecule has 2 aromatic carbocycles. The molecule has 0 bridgehead atoms. The molecule has 1 aliphatic heterocycles. The van der Waals surface area contributed by atoms with Gasteiger partial charge in [-0.15, -0.1) is 0 Å². The number of aryl methyl sites for hydroxylation is 2. The van der Waals surface area contributed by atoms with Crippen LogP contribution in [0.1, 0.15) is 18.1 Å². The standard InChI is InChI=1S/C24H32N4O5S/c1-17-6-5-7-18(2)23(17)25-22(29)16-27-12-14-28(15-13-27)24(30)19(3)26-34(31,32)21-10-8-20(33-4)9-11-21/h5-11,19,26H,12-16H2,1-4H3,(H,25,29)/t19-/m0/s1. The molecule has 0 unspecified atom stereocenters. The van der Waals surface area contributed by atoms with Crippen LogP contribution in [-0.4, -0.2) is 75.9 Å². The molecule has 0 radical (unpaired) electrons. The molecule has 34 heavy (non-hydrogen) atoms. The van der Waals surface area contributed by atoms with Crippen molar-refractivity contribution in [2.24, 2.45) is 0 Å². The summed E-state index contributed by atoms with van der Waals surface area (Å²) in [7, 11) is -2.35. The van der Waals surface area contributed by atoms with E-state index < -0.39 is 16.1 Å². The summed E-state index contributed by atoms with van der Waals surface area (Å²) in [4.78, 5) is 29.0. The number of amides is 2. The van der Waals surface area contributed by atoms with E-state index in [0.717, 1.165) is 16.8 Å². The van der Waals surface area contributed by atoms with E-state index in [1.54, 1.807) is 17.0 Å². The number of ether oxygens (including phenoxy) is 1. The molecule has 2 N–H and O–H groups in total. The van der Waals surface area contributed by atoms with Crippen LogP contribution in [0.25, 0.3) is 0 Å². The molecule has 9 nitrogen and oxygen atoms in total. The summed E-state index contributed by atoms with van der Waals surface area (Å²) >= 11 is 0. The average Bonchev–Trinajstić information content (AvgIpc) is 2.81. The van der Waals surface area contributed by atoms with Gasteiger partial charge in [0, 0.05) is 31.9 Å². The molecule has 184 valence electrons. The molecule has 1 heterocycles. The van der Waals surface area contributed by atoms with Crippen molar-refractivity contribution in [3.05, 3.63) is 53.6 Å². The van der Waals surface area contributed by atoms with Crippen LogP contribution < -0.4 is 14.8 Å². The smallest absolute Gasteiger partial charge is 0.241 e. The maximum Gasteiger partial charge on any atom is 0.241 e. The van der Waals surface area contributed by atoms with Gasteiger partial charge in [0.2, 0.25) is 21.8 Å². The van der Waals surface area contributed by atoms with Gasteiger partial charge in [-0.1, -0.05) is 18.2 Å². The predicted octanol–water partition coefficient (Wildman–Crippen LogP) is 1.76. The van der Waals surface area contributed by atoms with Crippen molar-refractivity contribution >= 4 is 27.5 Å². The number of hydrogen-bond donors (Lipinski definition) is 2. The van der Waals surface area contributed by atoms with Crippen molar-refractivity contribution in [2.45, 2.75) is 31.7 Å². The first kappa shape index (κ1) is 25.7. The van der Waals surface area contributed by atoms with Crippen molar-refractivity contribution in [3.63, 3.8) is 0 Å². The van der Waals surface area contributed by atoms with Crippen LogP contribution in [0.4, 0.5) is 5.69 Å². The lowest BCUT2D eigenvalue weighted by Gasteiger charge is -2.35. The number of para-hydroxylation sites is 1. The monoisotopic (exact) mass is 488 g/mol. The number of carbonyl (C=O) groups is 2. The Morgan fingerprint density at radius 2 is 1.59 bits per heavy atom. The fraction of sp³-hybridized carbons (Fsp3) is 0.417. The van der Waals surface area contributed by atoms with Crippen LogP contribution in [0, 0.1) is 13.8 Å². The van der Waals surface area contributed by atoms with Crippen molar-refractivity contribution in [2.75, 3.05) is 45.2 Å². The Morgan fingerprint density at radius 1 is 1.00 bits per heavy atom. The summed E-state index contributed by atoms with van der Waals surface area (Å²) in [5.41, 5.74) is 2.85. The van der Waals surface area contributed by atoms with Gasteiger partial charge in [0.1, 0.15) is 5.75 Å². The molecule has 0 aliphatic carbocycles. The van der Waals surface area contributed by atoms with E-state index in [1.807, 2.05) is 36.9 Å². The fourth-order valence-electron chi connectivity index (χ4n) is 3.90. The third kappa shape index (κ3) is 6.34. The van der Waals surface area contributed by atoms with Gasteiger partial charge in [0.05, 0.1) is 24.6 Å². The number of benzene rings is 2. The van der Waals surface area contributed by atoms with Crippen LogP contribution in [0.3, 0.4) is 0 Å². The van der Waals surface area contributed by atoms with Crippen molar-refractivity contribution in [3.8, 4) is 5.75 Å². The van der Waals surface area contributed by atoms with E-state index in [-0.39, 0.29) is 23.3 Å². The first-order valence-corrected chi connectivity index (χ1v) is 12.6. The molecule has 2 amide bonds. The zero-order valence-corrected chi connectivity index (χ0v) is 20.8. The fourth-order valence-corrected chi connectivity index (χ4v) is 5.10. The summed E-state index contributed by atoms with van der Waals surface area (Å²) in [5, 5.41) is 2.98. The quantitative estimate of drug-likeness (QED) is 0.586. The van der Waals surface area contributed by atoms with Gasteiger partial charge in [-0.3, -0.25) is 14.5 Å². The lowest BCUT2D eigenvalue weighted by atomic mass is 10.1. The largest absolute Gasteiger partial charge is 0.497 e. The molecule has 0 aromatic heterocycles. The van der Waals surface area contributed by atoms with Gasteiger partial charge in [0.15, 0.2) is 0 Å². The van der Waals surface area contributed by atoms with Crippen LogP contribution in [-0.2, 0) is 19.6 Å². The van der Waals surface area contributed by atoms with Crippen molar-refractivity contribution in [1.82, 2.24) is 14.5 Å². The highest BCUT2D eigenvalue weighted by molar-refractivity contribution is 7.89. The Balaban J connectivity index is 1.50. The molecule has 2 aromatic rings. The third-order valence-electron chi connectivity index (χ3n) is 5.87. The Hall–Kier alpha value is -2.95. The summed E-state index contributed by atoms with van der Waals surface area (Å²) in [5.74, 6) is 0.151. The zero-order valence-electron chi connectivity index (χ0n) is 20.0. The number of carbonyl (C=O) groups excluding carboxylic acids is 2. The first-order chi connectivity index (χ1) is 16.1. The number of hydrogen-bond acceptors (Lipinski definition) is 6. The lowest BCUT2D eigenvalue weighted by molar-refractivity contribution is -0.134. The second kappa shape index (κ2) is 11.0. The molecular weight excluding hydrogens is 456 g/mol. The number of piperazine rings is 1. The van der Waals surface area contributed by atoms with Crippen molar-refractivity contribution in [1.29, 1.82) is 0 Å². The third-order valence-corrected chi connectivity index (χ3v) is 7.43. The van der Waals surface area contributed by atoms with Gasteiger partial charge in [-0.25, -0.2) is 8.42 Å². The molecule has 1 atom stereocenters. The Bertz CT molecular complexity index is 1110. The van der Waals surface area contributed by atoms with Crippen molar-refractivity contribution < 1.29 is 22.7 Å². The van der Waals surface area contributed by atoms with Gasteiger partial charge < -0.3 is 15.0 Å². The molecule has 1 saturated heterocycles. The summed E-state index contributed by atoms with van der Waals surface area (Å²) in [6.45, 7) is 7.58. The minimum Gasteiger partial charge on any atom is -0.497 e. The molecule has 3 rings (SSSR count). The summed E-state index contributed by atoms with van der Waals surface area (Å²) in [6.07, 6.45) is 0. The molecule has 0 saturated carbocycles. The van der Waals surface area contributed by atoms with E-state index in [9.17, 15) is 18.0 Å². The average molecular weight is 489 g/mol. The van der Waals surface area contributed by atoms with Crippen LogP contribution in [0.2, 0.25) is 0 Å². The van der Waals surface area contributed by atoms with E-state index >= 15 is 0 Å². The van der Waals surface area contributed by atoms with E-state index in [2.05, 4.69) is 10.0 Å². The maximum atomic E-state index is 12.8. The van der Waals surface area contributed by atoms with Gasteiger partial charge in [-0.05, 0) is 56.2 Å². The van der Waals surface area contributed by atoms with Gasteiger partial charge in [0.25, 0.3) is 0 Å². The minimum atomic E-state index is -3.85. The van der Waals surface area contributed by atoms with E-state index in [0.29, 0.717) is 31.9 Å². The second-order valence-corrected chi connectivity index (χ2v) is 10.1. The Labute approximate surface area is 201 Å². The number of rotatable bonds is 8. The van der Waals surface area contributed by atoms with Crippen LogP contribution >= 0.6 is 0 Å². The zero-order chi connectivity index (χ0) is 24.9. The highest BCUT2D eigenvalue weighted by Crippen LogP contribution is 2.19. The van der Waals surface area contributed by atoms with E-state index in [4.69, 9.17) is 4.74 Å². The first-order valence-electron chi connectivity index (χ1n) is 11.1. The summed E-state index contributed by atoms with van der Waals surface area (Å²) in [6, 6.07) is 10.9. The SMILES string of the molecule is COc1ccc(S(=O)(=O)N[C@@H](C)C(=O)N2CCN(CC(=O)Nc3c(C)cccc3C)CC2)cc1. The number of nitrogens with one attached hydrogen (secondary N) is 2. The Kier molecular flexibility index (Phi) is 8.29. The van der Waals surface area contributed by atoms with Gasteiger partial charge >= 0.3 is 0 Å². The minimum absolute atomic E-state index is 0.0627. The predicted molar refractivity (Wildman–Crippen MR) is 130 cm³/mol.